The van der Waals surface area contributed by atoms with Gasteiger partial charge in [-0.05, 0) is 98.8 Å². The Kier molecular flexibility index (Phi) is 6.55. The van der Waals surface area contributed by atoms with Gasteiger partial charge in [0.1, 0.15) is 17.1 Å². The fourth-order valence-corrected chi connectivity index (χ4v) is 9.58. The van der Waals surface area contributed by atoms with Gasteiger partial charge in [-0.15, -0.1) is 0 Å². The van der Waals surface area contributed by atoms with Gasteiger partial charge in [0, 0.05) is 33.3 Å². The molecule has 56 heavy (non-hydrogen) atoms. The van der Waals surface area contributed by atoms with Crippen LogP contribution in [0.15, 0.2) is 205 Å². The van der Waals surface area contributed by atoms with E-state index in [1.54, 1.807) is 0 Å². The molecule has 0 saturated carbocycles. The standard InChI is InChI=1S/C53H33NO2/c1-2-14-37(15-3-1)54(47-22-12-19-42-41-18-7-10-23-48(41)56-52(42)47)38-29-25-34(26-30-38)36-27-31-45-43(33-36)40-17-6-8-20-44(40)53(45)46-21-9-11-24-49(46)55-50-32-28-35-13-4-5-16-39(35)51(50)53/h1-33H. The van der Waals surface area contributed by atoms with E-state index >= 15 is 0 Å². The highest BCUT2D eigenvalue weighted by atomic mass is 16.5. The molecule has 0 fully saturated rings. The lowest BCUT2D eigenvalue weighted by Crippen LogP contribution is -2.32. The van der Waals surface area contributed by atoms with Crippen LogP contribution in [0.4, 0.5) is 17.1 Å². The van der Waals surface area contributed by atoms with Crippen molar-refractivity contribution in [3.8, 4) is 33.8 Å². The van der Waals surface area contributed by atoms with Crippen LogP contribution in [0.5, 0.6) is 11.5 Å². The van der Waals surface area contributed by atoms with Gasteiger partial charge in [-0.3, -0.25) is 0 Å². The summed E-state index contributed by atoms with van der Waals surface area (Å²) in [6.07, 6.45) is 0. The maximum Gasteiger partial charge on any atom is 0.159 e. The van der Waals surface area contributed by atoms with Crippen molar-refractivity contribution >= 4 is 49.8 Å². The summed E-state index contributed by atoms with van der Waals surface area (Å²) in [6, 6.07) is 71.8. The molecule has 1 spiro atoms. The maximum absolute atomic E-state index is 6.72. The molecule has 3 heteroatoms. The lowest BCUT2D eigenvalue weighted by atomic mass is 9.65. The molecule has 1 aliphatic carbocycles. The van der Waals surface area contributed by atoms with E-state index in [0.717, 1.165) is 56.1 Å². The van der Waals surface area contributed by atoms with Crippen LogP contribution in [-0.2, 0) is 5.41 Å². The summed E-state index contributed by atoms with van der Waals surface area (Å²) in [7, 11) is 0. The maximum atomic E-state index is 6.72. The van der Waals surface area contributed by atoms with Crippen LogP contribution < -0.4 is 9.64 Å². The number of nitrogens with zero attached hydrogens (tertiary/aromatic N) is 1. The number of rotatable bonds is 4. The van der Waals surface area contributed by atoms with E-state index in [-0.39, 0.29) is 0 Å². The predicted molar refractivity (Wildman–Crippen MR) is 229 cm³/mol. The van der Waals surface area contributed by atoms with Crippen molar-refractivity contribution in [3.63, 3.8) is 0 Å². The van der Waals surface area contributed by atoms with Crippen LogP contribution in [0, 0.1) is 0 Å². The first kappa shape index (κ1) is 31.0. The number of benzene rings is 9. The van der Waals surface area contributed by atoms with Crippen LogP contribution in [-0.4, -0.2) is 0 Å². The van der Waals surface area contributed by atoms with E-state index < -0.39 is 5.41 Å². The minimum Gasteiger partial charge on any atom is -0.457 e. The Morgan fingerprint density at radius 1 is 0.411 bits per heavy atom. The molecule has 262 valence electrons. The summed E-state index contributed by atoms with van der Waals surface area (Å²) in [6.45, 7) is 0. The van der Waals surface area contributed by atoms with Gasteiger partial charge in [0.25, 0.3) is 0 Å². The summed E-state index contributed by atoms with van der Waals surface area (Å²) in [4.78, 5) is 2.29. The zero-order valence-corrected chi connectivity index (χ0v) is 30.3. The molecular weight excluding hydrogens is 683 g/mol. The first-order valence-electron chi connectivity index (χ1n) is 19.2. The van der Waals surface area contributed by atoms with E-state index in [4.69, 9.17) is 9.15 Å². The SMILES string of the molecule is c1ccc(N(c2ccc(-c3ccc4c(c3)-c3ccccc3C43c4ccccc4Oc4ccc5ccccc5c43)cc2)c2cccc3c2oc2ccccc23)cc1. The van der Waals surface area contributed by atoms with Crippen molar-refractivity contribution < 1.29 is 9.15 Å². The molecule has 1 aliphatic heterocycles. The van der Waals surface area contributed by atoms with Gasteiger partial charge in [0.05, 0.1) is 11.1 Å². The van der Waals surface area contributed by atoms with E-state index in [0.29, 0.717) is 0 Å². The second-order valence-electron chi connectivity index (χ2n) is 14.8. The molecular formula is C53H33NO2. The van der Waals surface area contributed by atoms with E-state index in [9.17, 15) is 0 Å². The van der Waals surface area contributed by atoms with Crippen molar-refractivity contribution in [2.75, 3.05) is 4.90 Å². The molecule has 12 rings (SSSR count). The molecule has 2 heterocycles. The highest BCUT2D eigenvalue weighted by Gasteiger charge is 2.51. The number of hydrogen-bond donors (Lipinski definition) is 0. The van der Waals surface area contributed by atoms with Crippen LogP contribution in [0.3, 0.4) is 0 Å². The second kappa shape index (κ2) is 11.8. The van der Waals surface area contributed by atoms with Crippen molar-refractivity contribution in [3.05, 3.63) is 222 Å². The summed E-state index contributed by atoms with van der Waals surface area (Å²) < 4.78 is 13.3. The summed E-state index contributed by atoms with van der Waals surface area (Å²) in [5, 5.41) is 4.64. The molecule has 0 radical (unpaired) electrons. The van der Waals surface area contributed by atoms with Crippen LogP contribution >= 0.6 is 0 Å². The van der Waals surface area contributed by atoms with Crippen LogP contribution in [0.25, 0.3) is 55.0 Å². The zero-order chi connectivity index (χ0) is 36.8. The van der Waals surface area contributed by atoms with Gasteiger partial charge in [-0.1, -0.05) is 146 Å². The number of anilines is 3. The lowest BCUT2D eigenvalue weighted by molar-refractivity contribution is 0.438. The molecule has 0 N–H and O–H groups in total. The molecule has 1 unspecified atom stereocenters. The second-order valence-corrected chi connectivity index (χ2v) is 14.8. The fourth-order valence-electron chi connectivity index (χ4n) is 9.58. The van der Waals surface area contributed by atoms with E-state index in [1.807, 2.05) is 12.1 Å². The average Bonchev–Trinajstić information content (AvgIpc) is 3.79. The summed E-state index contributed by atoms with van der Waals surface area (Å²) in [5.41, 5.74) is 14.1. The molecule has 0 saturated heterocycles. The topological polar surface area (TPSA) is 25.6 Å². The normalized spacial score (nSPS) is 15.0. The van der Waals surface area contributed by atoms with Crippen molar-refractivity contribution in [1.82, 2.24) is 0 Å². The smallest absolute Gasteiger partial charge is 0.159 e. The molecule has 9 aromatic carbocycles. The highest BCUT2D eigenvalue weighted by molar-refractivity contribution is 6.10. The van der Waals surface area contributed by atoms with E-state index in [2.05, 4.69) is 193 Å². The third-order valence-corrected chi connectivity index (χ3v) is 11.9. The number of ether oxygens (including phenoxy) is 1. The van der Waals surface area contributed by atoms with Crippen LogP contribution in [0.2, 0.25) is 0 Å². The van der Waals surface area contributed by atoms with Crippen molar-refractivity contribution in [1.29, 1.82) is 0 Å². The number of hydrogen-bond acceptors (Lipinski definition) is 3. The summed E-state index contributed by atoms with van der Waals surface area (Å²) in [5.74, 6) is 1.81. The Morgan fingerprint density at radius 3 is 1.98 bits per heavy atom. The Bertz CT molecular complexity index is 3180. The third kappa shape index (κ3) is 4.28. The van der Waals surface area contributed by atoms with Gasteiger partial charge in [-0.2, -0.15) is 0 Å². The predicted octanol–water partition coefficient (Wildman–Crippen LogP) is 14.3. The van der Waals surface area contributed by atoms with Gasteiger partial charge in [0.15, 0.2) is 5.58 Å². The number of furan rings is 1. The first-order chi connectivity index (χ1) is 27.8. The third-order valence-electron chi connectivity index (χ3n) is 11.9. The minimum atomic E-state index is -0.535. The minimum absolute atomic E-state index is 0.535. The number of para-hydroxylation sites is 4. The van der Waals surface area contributed by atoms with Gasteiger partial charge >= 0.3 is 0 Å². The van der Waals surface area contributed by atoms with Crippen LogP contribution in [0.1, 0.15) is 22.3 Å². The van der Waals surface area contributed by atoms with E-state index in [1.165, 1.54) is 49.7 Å². The quantitative estimate of drug-likeness (QED) is 0.181. The van der Waals surface area contributed by atoms with Crippen molar-refractivity contribution in [2.24, 2.45) is 0 Å². The molecule has 1 atom stereocenters. The Labute approximate surface area is 324 Å². The lowest BCUT2D eigenvalue weighted by Gasteiger charge is -2.40. The molecule has 0 amide bonds. The largest absolute Gasteiger partial charge is 0.457 e. The average molecular weight is 716 g/mol. The molecule has 0 bridgehead atoms. The number of fused-ring (bicyclic) bond motifs is 14. The Balaban J connectivity index is 1.02. The van der Waals surface area contributed by atoms with Gasteiger partial charge < -0.3 is 14.1 Å². The first-order valence-corrected chi connectivity index (χ1v) is 19.2. The molecule has 1 aromatic heterocycles. The Hall–Kier alpha value is -7.36. The zero-order valence-electron chi connectivity index (χ0n) is 30.3. The van der Waals surface area contributed by atoms with Gasteiger partial charge in [-0.25, -0.2) is 0 Å². The molecule has 10 aromatic rings. The monoisotopic (exact) mass is 715 g/mol. The van der Waals surface area contributed by atoms with Crippen molar-refractivity contribution in [2.45, 2.75) is 5.41 Å². The Morgan fingerprint density at radius 2 is 1.09 bits per heavy atom. The van der Waals surface area contributed by atoms with Gasteiger partial charge in [0.2, 0.25) is 0 Å². The highest BCUT2D eigenvalue weighted by Crippen LogP contribution is 2.63. The fraction of sp³-hybridized carbons (Fsp3) is 0.0189. The molecule has 3 nitrogen and oxygen atoms in total. The molecule has 2 aliphatic rings. The summed E-state index contributed by atoms with van der Waals surface area (Å²) >= 11 is 0.